The first-order valence-electron chi connectivity index (χ1n) is 13.0. The van der Waals surface area contributed by atoms with Crippen LogP contribution >= 0.6 is 0 Å². The molecule has 0 radical (unpaired) electrons. The van der Waals surface area contributed by atoms with Crippen LogP contribution in [0.2, 0.25) is 0 Å². The number of halogens is 1. The lowest BCUT2D eigenvalue weighted by Crippen LogP contribution is -2.56. The van der Waals surface area contributed by atoms with Crippen molar-refractivity contribution in [2.75, 3.05) is 20.3 Å². The summed E-state index contributed by atoms with van der Waals surface area (Å²) >= 11 is 0. The number of rotatable bonds is 10. The summed E-state index contributed by atoms with van der Waals surface area (Å²) in [5.41, 5.74) is 2.49. The lowest BCUT2D eigenvalue weighted by atomic mass is 9.68. The lowest BCUT2D eigenvalue weighted by Gasteiger charge is -2.42. The predicted octanol–water partition coefficient (Wildman–Crippen LogP) is 2.62. The van der Waals surface area contributed by atoms with E-state index in [4.69, 9.17) is 18.9 Å². The van der Waals surface area contributed by atoms with E-state index < -0.39 is 6.09 Å². The first-order valence-corrected chi connectivity index (χ1v) is 13.0. The number of methoxy groups -OCH3 is 1. The highest BCUT2D eigenvalue weighted by atomic mass is 19.3. The maximum absolute atomic E-state index is 12.8. The van der Waals surface area contributed by atoms with Crippen LogP contribution in [-0.2, 0) is 28.8 Å². The Kier molecular flexibility index (Phi) is 8.56. The van der Waals surface area contributed by atoms with Crippen LogP contribution in [0.5, 0.6) is 0 Å². The van der Waals surface area contributed by atoms with Gasteiger partial charge in [-0.1, -0.05) is 16.7 Å². The normalized spacial score (nSPS) is 39.2. The average molecular weight is 514 g/mol. The lowest BCUT2D eigenvalue weighted by molar-refractivity contribution is -0.193. The standard InChI is InChI=1S/C25H40FN3O7/c1-15(2)5-10-19-24(3,35-19)22-21(32-4)18(11-12-25(22)14-33-25)34-23(31)29-17-8-6-16(7-9-17)28-20(30)13-27-36-26/h5,16-19,21-22,27H,6-14H2,1-4H3,(H,28,30)(H,29,31)/t16-,17-,18?,19-,21?,22?,24?,25+/m1/s1. The zero-order valence-corrected chi connectivity index (χ0v) is 21.6. The van der Waals surface area contributed by atoms with Gasteiger partial charge >= 0.3 is 6.09 Å². The van der Waals surface area contributed by atoms with Crippen molar-refractivity contribution in [1.29, 1.82) is 0 Å². The van der Waals surface area contributed by atoms with Gasteiger partial charge in [-0.25, -0.2) is 4.79 Å². The van der Waals surface area contributed by atoms with Crippen LogP contribution in [0.4, 0.5) is 9.32 Å². The van der Waals surface area contributed by atoms with Gasteiger partial charge in [-0.15, -0.1) is 0 Å². The molecule has 4 aliphatic rings. The van der Waals surface area contributed by atoms with Crippen LogP contribution in [0.1, 0.15) is 65.7 Å². The predicted molar refractivity (Wildman–Crippen MR) is 127 cm³/mol. The maximum Gasteiger partial charge on any atom is 0.407 e. The van der Waals surface area contributed by atoms with Gasteiger partial charge in [0, 0.05) is 19.2 Å². The van der Waals surface area contributed by atoms with Gasteiger partial charge in [0.25, 0.3) is 0 Å². The van der Waals surface area contributed by atoms with E-state index in [9.17, 15) is 14.1 Å². The molecule has 4 rings (SSSR count). The van der Waals surface area contributed by atoms with Gasteiger partial charge in [0.05, 0.1) is 18.6 Å². The van der Waals surface area contributed by atoms with Crippen LogP contribution in [-0.4, -0.2) is 73.9 Å². The average Bonchev–Trinajstić information content (AvgIpc) is 3.75. The second kappa shape index (κ2) is 11.3. The monoisotopic (exact) mass is 513 g/mol. The van der Waals surface area contributed by atoms with Crippen LogP contribution in [0.25, 0.3) is 0 Å². The summed E-state index contributed by atoms with van der Waals surface area (Å²) in [4.78, 5) is 24.5. The smallest absolute Gasteiger partial charge is 0.407 e. The highest BCUT2D eigenvalue weighted by Gasteiger charge is 2.72. The van der Waals surface area contributed by atoms with E-state index in [1.807, 2.05) is 5.48 Å². The Hall–Kier alpha value is -1.79. The molecule has 2 aliphatic carbocycles. The molecule has 2 aliphatic heterocycles. The minimum atomic E-state index is -0.451. The Morgan fingerprint density at radius 3 is 2.36 bits per heavy atom. The molecule has 1 spiro atoms. The second-order valence-corrected chi connectivity index (χ2v) is 11.0. The van der Waals surface area contributed by atoms with E-state index in [-0.39, 0.29) is 60.0 Å². The molecule has 6 atom stereocenters. The second-order valence-electron chi connectivity index (χ2n) is 11.0. The summed E-state index contributed by atoms with van der Waals surface area (Å²) < 4.78 is 35.7. The summed E-state index contributed by atoms with van der Waals surface area (Å²) in [5, 5.41) is 9.02. The number of hydroxylamine groups is 1. The van der Waals surface area contributed by atoms with Crippen LogP contribution in [0.15, 0.2) is 11.6 Å². The molecule has 11 heteroatoms. The quantitative estimate of drug-likeness (QED) is 0.232. The fourth-order valence-electron chi connectivity index (χ4n) is 6.16. The molecule has 2 saturated carbocycles. The van der Waals surface area contributed by atoms with Crippen molar-refractivity contribution in [3.8, 4) is 0 Å². The third-order valence-electron chi connectivity index (χ3n) is 8.20. The van der Waals surface area contributed by atoms with E-state index in [2.05, 4.69) is 42.5 Å². The number of amides is 2. The Labute approximate surface area is 211 Å². The van der Waals surface area contributed by atoms with Gasteiger partial charge in [-0.3, -0.25) is 4.79 Å². The molecule has 0 aromatic rings. The largest absolute Gasteiger partial charge is 0.443 e. The molecule has 2 heterocycles. The number of hydrogen-bond donors (Lipinski definition) is 3. The summed E-state index contributed by atoms with van der Waals surface area (Å²) in [6, 6.07) is -0.0487. The van der Waals surface area contributed by atoms with Crippen molar-refractivity contribution in [3.63, 3.8) is 0 Å². The molecule has 2 amide bonds. The molecule has 0 aromatic carbocycles. The van der Waals surface area contributed by atoms with Gasteiger partial charge in [0.15, 0.2) is 0 Å². The fourth-order valence-corrected chi connectivity index (χ4v) is 6.16. The summed E-state index contributed by atoms with van der Waals surface area (Å²) in [6.07, 6.45) is 6.30. The Balaban J connectivity index is 1.28. The number of carbonyl (C=O) groups is 2. The molecule has 0 bridgehead atoms. The minimum absolute atomic E-state index is 0.0155. The van der Waals surface area contributed by atoms with E-state index >= 15 is 0 Å². The molecule has 204 valence electrons. The molecule has 36 heavy (non-hydrogen) atoms. The van der Waals surface area contributed by atoms with Crippen molar-refractivity contribution >= 4 is 12.0 Å². The minimum Gasteiger partial charge on any atom is -0.443 e. The summed E-state index contributed by atoms with van der Waals surface area (Å²) in [7, 11) is 1.66. The highest BCUT2D eigenvalue weighted by Crippen LogP contribution is 2.59. The Bertz CT molecular complexity index is 826. The summed E-state index contributed by atoms with van der Waals surface area (Å²) in [5.74, 6) is -0.358. The highest BCUT2D eigenvalue weighted by molar-refractivity contribution is 5.78. The zero-order chi connectivity index (χ0) is 25.9. The molecule has 4 unspecified atom stereocenters. The third-order valence-corrected chi connectivity index (χ3v) is 8.20. The molecule has 3 N–H and O–H groups in total. The van der Waals surface area contributed by atoms with Gasteiger partial charge in [0.2, 0.25) is 5.91 Å². The van der Waals surface area contributed by atoms with E-state index in [0.717, 1.165) is 12.8 Å². The van der Waals surface area contributed by atoms with Gasteiger partial charge in [0.1, 0.15) is 30.0 Å². The van der Waals surface area contributed by atoms with E-state index in [0.29, 0.717) is 38.7 Å². The number of nitrogens with one attached hydrogen (secondary N) is 3. The third kappa shape index (κ3) is 6.19. The van der Waals surface area contributed by atoms with E-state index in [1.165, 1.54) is 5.57 Å². The van der Waals surface area contributed by atoms with Crippen molar-refractivity contribution in [1.82, 2.24) is 16.1 Å². The summed E-state index contributed by atoms with van der Waals surface area (Å²) in [6.45, 7) is 6.71. The van der Waals surface area contributed by atoms with Crippen molar-refractivity contribution in [2.24, 2.45) is 5.92 Å². The van der Waals surface area contributed by atoms with Crippen molar-refractivity contribution < 1.29 is 38.1 Å². The topological polar surface area (TPSA) is 123 Å². The zero-order valence-electron chi connectivity index (χ0n) is 21.6. The first kappa shape index (κ1) is 27.3. The fraction of sp³-hybridized carbons (Fsp3) is 0.840. The number of carbonyl (C=O) groups excluding carboxylic acids is 2. The Morgan fingerprint density at radius 2 is 1.78 bits per heavy atom. The number of hydrogen-bond acceptors (Lipinski definition) is 8. The Morgan fingerprint density at radius 1 is 1.11 bits per heavy atom. The van der Waals surface area contributed by atoms with Crippen molar-refractivity contribution in [3.05, 3.63) is 11.6 Å². The van der Waals surface area contributed by atoms with Crippen molar-refractivity contribution in [2.45, 2.75) is 107 Å². The molecule has 0 aromatic heterocycles. The van der Waals surface area contributed by atoms with E-state index in [1.54, 1.807) is 7.11 Å². The molecule has 10 nitrogen and oxygen atoms in total. The van der Waals surface area contributed by atoms with Gasteiger partial charge in [-0.2, -0.15) is 5.48 Å². The van der Waals surface area contributed by atoms with Crippen LogP contribution < -0.4 is 16.1 Å². The molecular weight excluding hydrogens is 473 g/mol. The SMILES string of the molecule is COC1C(OC(=O)N[C@H]2CC[C@H](NC(=O)CNOF)CC2)CC[C@]2(CO2)C1C1(C)O[C@@H]1CC=C(C)C. The number of epoxide rings is 2. The van der Waals surface area contributed by atoms with Crippen LogP contribution in [0.3, 0.4) is 0 Å². The van der Waals surface area contributed by atoms with Crippen LogP contribution in [0, 0.1) is 5.92 Å². The van der Waals surface area contributed by atoms with Gasteiger partial charge < -0.3 is 29.6 Å². The number of alkyl carbamates (subject to hydrolysis) is 1. The maximum atomic E-state index is 12.8. The first-order chi connectivity index (χ1) is 17.2. The molecular formula is C25H40FN3O7. The molecule has 4 fully saturated rings. The number of ether oxygens (including phenoxy) is 4. The number of allylic oxidation sites excluding steroid dienone is 1. The van der Waals surface area contributed by atoms with Gasteiger partial charge in [-0.05, 0) is 70.2 Å². The molecule has 2 saturated heterocycles.